The molecule has 5 nitrogen and oxygen atoms in total. The predicted molar refractivity (Wildman–Crippen MR) is 81.4 cm³/mol. The number of aryl methyl sites for hydroxylation is 1. The summed E-state index contributed by atoms with van der Waals surface area (Å²) in [6.07, 6.45) is 3.40. The van der Waals surface area contributed by atoms with Crippen molar-refractivity contribution < 1.29 is 17.2 Å². The van der Waals surface area contributed by atoms with E-state index < -0.39 is 21.5 Å². The molecule has 2 heterocycles. The lowest BCUT2D eigenvalue weighted by Crippen LogP contribution is -2.42. The zero-order chi connectivity index (χ0) is 16.6. The van der Waals surface area contributed by atoms with E-state index >= 15 is 0 Å². The van der Waals surface area contributed by atoms with E-state index in [0.29, 0.717) is 12.1 Å². The summed E-state index contributed by atoms with van der Waals surface area (Å²) in [7, 11) is -1.38. The molecule has 1 fully saturated rings. The van der Waals surface area contributed by atoms with Gasteiger partial charge in [0, 0.05) is 38.0 Å². The Morgan fingerprint density at radius 1 is 1.26 bits per heavy atom. The molecule has 0 bridgehead atoms. The molecule has 8 heteroatoms. The Labute approximate surface area is 133 Å². The fraction of sp³-hybridized carbons (Fsp3) is 0.400. The number of hydrogen-bond acceptors (Lipinski definition) is 4. The van der Waals surface area contributed by atoms with Gasteiger partial charge in [-0.25, -0.2) is 17.2 Å². The number of sulfone groups is 1. The summed E-state index contributed by atoms with van der Waals surface area (Å²) in [5.74, 6) is -1.25. The maximum Gasteiger partial charge on any atom is 0.153 e. The van der Waals surface area contributed by atoms with Crippen LogP contribution in [0.25, 0.3) is 0 Å². The van der Waals surface area contributed by atoms with Gasteiger partial charge in [0.25, 0.3) is 0 Å². The summed E-state index contributed by atoms with van der Waals surface area (Å²) >= 11 is 0. The van der Waals surface area contributed by atoms with Crippen molar-refractivity contribution in [3.8, 4) is 0 Å². The first-order valence-electron chi connectivity index (χ1n) is 7.20. The van der Waals surface area contributed by atoms with Crippen LogP contribution in [-0.4, -0.2) is 41.1 Å². The van der Waals surface area contributed by atoms with Crippen molar-refractivity contribution in [3.63, 3.8) is 0 Å². The molecule has 0 radical (unpaired) electrons. The van der Waals surface area contributed by atoms with E-state index in [-0.39, 0.29) is 24.1 Å². The number of rotatable bonds is 3. The van der Waals surface area contributed by atoms with Crippen LogP contribution < -0.4 is 0 Å². The summed E-state index contributed by atoms with van der Waals surface area (Å²) in [6, 6.07) is 3.00. The van der Waals surface area contributed by atoms with Gasteiger partial charge >= 0.3 is 0 Å². The molecule has 1 saturated heterocycles. The molecule has 1 unspecified atom stereocenters. The lowest BCUT2D eigenvalue weighted by molar-refractivity contribution is 0.206. The topological polar surface area (TPSA) is 55.2 Å². The van der Waals surface area contributed by atoms with Gasteiger partial charge in [0.1, 0.15) is 11.6 Å². The van der Waals surface area contributed by atoms with Crippen LogP contribution in [-0.2, 0) is 23.4 Å². The van der Waals surface area contributed by atoms with Gasteiger partial charge in [-0.15, -0.1) is 0 Å². The zero-order valence-electron chi connectivity index (χ0n) is 12.6. The number of nitrogens with zero attached hydrogens (tertiary/aromatic N) is 3. The third-order valence-corrected chi connectivity index (χ3v) is 5.59. The molecule has 2 aromatic rings. The average molecular weight is 341 g/mol. The highest BCUT2D eigenvalue weighted by Gasteiger charge is 2.33. The molecule has 1 aromatic heterocycles. The minimum Gasteiger partial charge on any atom is -0.290 e. The lowest BCUT2D eigenvalue weighted by Gasteiger charge is -2.35. The normalized spacial score (nSPS) is 21.4. The summed E-state index contributed by atoms with van der Waals surface area (Å²) in [6.45, 7) is 0.601. The minimum absolute atomic E-state index is 0.0174. The minimum atomic E-state index is -3.14. The molecule has 0 N–H and O–H groups in total. The van der Waals surface area contributed by atoms with E-state index in [1.165, 1.54) is 12.1 Å². The van der Waals surface area contributed by atoms with Crippen LogP contribution in [0.1, 0.15) is 17.2 Å². The van der Waals surface area contributed by atoms with E-state index in [0.717, 1.165) is 11.6 Å². The van der Waals surface area contributed by atoms with Crippen molar-refractivity contribution in [2.75, 3.05) is 18.1 Å². The van der Waals surface area contributed by atoms with Gasteiger partial charge < -0.3 is 0 Å². The molecule has 0 amide bonds. The van der Waals surface area contributed by atoms with Crippen molar-refractivity contribution in [2.24, 2.45) is 7.05 Å². The Balaban J connectivity index is 1.89. The maximum atomic E-state index is 13.4. The average Bonchev–Trinajstić information content (AvgIpc) is 2.86. The SMILES string of the molecule is Cn1cc(C2CS(=O)(=O)CCN2Cc2cc(F)cc(F)c2)cn1. The summed E-state index contributed by atoms with van der Waals surface area (Å²) < 4.78 is 52.3. The Bertz CT molecular complexity index is 800. The van der Waals surface area contributed by atoms with Crippen molar-refractivity contribution in [3.05, 3.63) is 53.4 Å². The fourth-order valence-electron chi connectivity index (χ4n) is 2.89. The smallest absolute Gasteiger partial charge is 0.153 e. The first-order valence-corrected chi connectivity index (χ1v) is 9.02. The molecule has 1 atom stereocenters. The Hall–Kier alpha value is -1.80. The quantitative estimate of drug-likeness (QED) is 0.852. The fourth-order valence-corrected chi connectivity index (χ4v) is 4.45. The number of benzene rings is 1. The van der Waals surface area contributed by atoms with Gasteiger partial charge in [-0.05, 0) is 17.7 Å². The molecule has 1 aromatic carbocycles. The Kier molecular flexibility index (Phi) is 4.20. The van der Waals surface area contributed by atoms with Gasteiger partial charge in [0.05, 0.1) is 23.7 Å². The van der Waals surface area contributed by atoms with Crippen LogP contribution in [0, 0.1) is 11.6 Å². The third-order valence-electron chi connectivity index (χ3n) is 3.96. The van der Waals surface area contributed by atoms with Gasteiger partial charge in [-0.2, -0.15) is 5.10 Å². The number of hydrogen-bond donors (Lipinski definition) is 0. The predicted octanol–water partition coefficient (Wildman–Crippen LogP) is 1.67. The van der Waals surface area contributed by atoms with Crippen LogP contribution in [0.5, 0.6) is 0 Å². The van der Waals surface area contributed by atoms with E-state index in [1.54, 1.807) is 24.1 Å². The molecular weight excluding hydrogens is 324 g/mol. The largest absolute Gasteiger partial charge is 0.290 e. The van der Waals surface area contributed by atoms with E-state index in [4.69, 9.17) is 0 Å². The van der Waals surface area contributed by atoms with Crippen molar-refractivity contribution >= 4 is 9.84 Å². The summed E-state index contributed by atoms with van der Waals surface area (Å²) in [4.78, 5) is 1.92. The second-order valence-corrected chi connectivity index (χ2v) is 8.05. The first kappa shape index (κ1) is 16.1. The summed E-state index contributed by atoms with van der Waals surface area (Å²) in [5.41, 5.74) is 1.27. The molecular formula is C15H17F2N3O2S. The number of aromatic nitrogens is 2. The van der Waals surface area contributed by atoms with Gasteiger partial charge in [-0.1, -0.05) is 0 Å². The van der Waals surface area contributed by atoms with Crippen LogP contribution in [0.4, 0.5) is 8.78 Å². The molecule has 0 saturated carbocycles. The maximum absolute atomic E-state index is 13.4. The van der Waals surface area contributed by atoms with Crippen molar-refractivity contribution in [2.45, 2.75) is 12.6 Å². The second-order valence-electron chi connectivity index (χ2n) is 5.83. The Morgan fingerprint density at radius 3 is 2.57 bits per heavy atom. The molecule has 124 valence electrons. The monoisotopic (exact) mass is 341 g/mol. The summed E-state index contributed by atoms with van der Waals surface area (Å²) in [5, 5.41) is 4.08. The highest BCUT2D eigenvalue weighted by atomic mass is 32.2. The zero-order valence-corrected chi connectivity index (χ0v) is 13.4. The highest BCUT2D eigenvalue weighted by Crippen LogP contribution is 2.28. The molecule has 1 aliphatic rings. The Morgan fingerprint density at radius 2 is 1.96 bits per heavy atom. The molecule has 3 rings (SSSR count). The van der Waals surface area contributed by atoms with Crippen LogP contribution in [0.2, 0.25) is 0 Å². The van der Waals surface area contributed by atoms with Gasteiger partial charge in [0.2, 0.25) is 0 Å². The van der Waals surface area contributed by atoms with Gasteiger partial charge in [-0.3, -0.25) is 9.58 Å². The lowest BCUT2D eigenvalue weighted by atomic mass is 10.1. The van der Waals surface area contributed by atoms with Crippen LogP contribution >= 0.6 is 0 Å². The van der Waals surface area contributed by atoms with Gasteiger partial charge in [0.15, 0.2) is 9.84 Å². The standard InChI is InChI=1S/C15H17F2N3O2S/c1-19-9-12(7-18-19)15-10-23(21,22)3-2-20(15)8-11-4-13(16)6-14(17)5-11/h4-7,9,15H,2-3,8,10H2,1H3. The first-order chi connectivity index (χ1) is 10.8. The van der Waals surface area contributed by atoms with Crippen molar-refractivity contribution in [1.82, 2.24) is 14.7 Å². The number of halogens is 2. The van der Waals surface area contributed by atoms with E-state index in [2.05, 4.69) is 5.10 Å². The molecule has 0 aliphatic carbocycles. The molecule has 1 aliphatic heterocycles. The third kappa shape index (κ3) is 3.76. The second kappa shape index (κ2) is 6.01. The van der Waals surface area contributed by atoms with Crippen LogP contribution in [0.3, 0.4) is 0 Å². The van der Waals surface area contributed by atoms with E-state index in [9.17, 15) is 17.2 Å². The molecule has 0 spiro atoms. The highest BCUT2D eigenvalue weighted by molar-refractivity contribution is 7.91. The molecule has 23 heavy (non-hydrogen) atoms. The van der Waals surface area contributed by atoms with Crippen LogP contribution in [0.15, 0.2) is 30.6 Å². The van der Waals surface area contributed by atoms with E-state index in [1.807, 2.05) is 4.90 Å². The van der Waals surface area contributed by atoms with Crippen molar-refractivity contribution in [1.29, 1.82) is 0 Å².